The molecular weight excluding hydrogens is 362 g/mol. The van der Waals surface area contributed by atoms with E-state index in [4.69, 9.17) is 13.9 Å². The number of aromatic nitrogens is 1. The van der Waals surface area contributed by atoms with Crippen LogP contribution in [0.15, 0.2) is 39.2 Å². The Morgan fingerprint density at radius 2 is 2.00 bits per heavy atom. The first-order valence-electron chi connectivity index (χ1n) is 9.22. The first-order valence-corrected chi connectivity index (χ1v) is 9.22. The number of carbonyl (C=O) groups is 2. The number of rotatable bonds is 5. The Morgan fingerprint density at radius 1 is 1.25 bits per heavy atom. The Morgan fingerprint density at radius 3 is 2.68 bits per heavy atom. The van der Waals surface area contributed by atoms with Gasteiger partial charge in [0.1, 0.15) is 22.6 Å². The number of oxazole rings is 1. The molecule has 8 heteroatoms. The molecule has 28 heavy (non-hydrogen) atoms. The minimum absolute atomic E-state index is 0.0526. The van der Waals surface area contributed by atoms with Crippen molar-refractivity contribution >= 4 is 29.0 Å². The number of carboxylic acid groups (broad SMARTS) is 1. The maximum atomic E-state index is 12.5. The number of hydrogen-bond donors (Lipinski definition) is 2. The van der Waals surface area contributed by atoms with Crippen LogP contribution in [0.1, 0.15) is 34.7 Å². The molecule has 146 valence electrons. The molecule has 1 amide bonds. The van der Waals surface area contributed by atoms with Crippen molar-refractivity contribution in [1.29, 1.82) is 0 Å². The summed E-state index contributed by atoms with van der Waals surface area (Å²) in [6.07, 6.45) is 1.39. The fourth-order valence-electron chi connectivity index (χ4n) is 3.49. The lowest BCUT2D eigenvalue weighted by Crippen LogP contribution is -2.40. The monoisotopic (exact) mass is 383 g/mol. The van der Waals surface area contributed by atoms with Crippen molar-refractivity contribution in [3.63, 3.8) is 0 Å². The molecule has 4 rings (SSSR count). The summed E-state index contributed by atoms with van der Waals surface area (Å²) < 4.78 is 11.2. The summed E-state index contributed by atoms with van der Waals surface area (Å²) in [6.45, 7) is 3.15. The normalized spacial score (nSPS) is 15.1. The van der Waals surface area contributed by atoms with E-state index in [0.29, 0.717) is 43.5 Å². The van der Waals surface area contributed by atoms with Crippen LogP contribution in [0.3, 0.4) is 0 Å². The molecule has 3 aromatic rings. The molecule has 0 spiro atoms. The van der Waals surface area contributed by atoms with Gasteiger partial charge in [0.15, 0.2) is 5.58 Å². The highest BCUT2D eigenvalue weighted by Crippen LogP contribution is 2.26. The summed E-state index contributed by atoms with van der Waals surface area (Å²) in [5.41, 5.74) is 1.70. The number of para-hydroxylation sites is 2. The SMILES string of the molecule is Cc1oc(CNC(=O)C2CCN(c3nc4ccccc4o3)CC2)cc1C(=O)O. The predicted molar refractivity (Wildman–Crippen MR) is 101 cm³/mol. The number of nitrogens with one attached hydrogen (secondary N) is 1. The summed E-state index contributed by atoms with van der Waals surface area (Å²) in [5.74, 6) is -0.417. The molecule has 3 heterocycles. The van der Waals surface area contributed by atoms with E-state index < -0.39 is 5.97 Å². The molecule has 1 saturated heterocycles. The van der Waals surface area contributed by atoms with Gasteiger partial charge in [-0.25, -0.2) is 4.79 Å². The van der Waals surface area contributed by atoms with Gasteiger partial charge in [-0.05, 0) is 38.0 Å². The molecular formula is C20H21N3O5. The number of furan rings is 1. The van der Waals surface area contributed by atoms with E-state index in [-0.39, 0.29) is 23.9 Å². The van der Waals surface area contributed by atoms with Gasteiger partial charge in [-0.15, -0.1) is 0 Å². The van der Waals surface area contributed by atoms with Gasteiger partial charge < -0.3 is 24.2 Å². The zero-order valence-electron chi connectivity index (χ0n) is 15.5. The van der Waals surface area contributed by atoms with E-state index >= 15 is 0 Å². The largest absolute Gasteiger partial charge is 0.478 e. The number of anilines is 1. The summed E-state index contributed by atoms with van der Waals surface area (Å²) in [5, 5.41) is 11.9. The van der Waals surface area contributed by atoms with E-state index in [2.05, 4.69) is 15.2 Å². The Hall–Kier alpha value is -3.29. The number of carbonyl (C=O) groups excluding carboxylic acids is 1. The highest BCUT2D eigenvalue weighted by atomic mass is 16.4. The lowest BCUT2D eigenvalue weighted by molar-refractivity contribution is -0.125. The first kappa shape index (κ1) is 18.1. The second-order valence-electron chi connectivity index (χ2n) is 6.93. The quantitative estimate of drug-likeness (QED) is 0.697. The predicted octanol–water partition coefficient (Wildman–Crippen LogP) is 2.96. The second-order valence-corrected chi connectivity index (χ2v) is 6.93. The van der Waals surface area contributed by atoms with Crippen molar-refractivity contribution in [3.8, 4) is 0 Å². The number of piperidine rings is 1. The van der Waals surface area contributed by atoms with Crippen LogP contribution >= 0.6 is 0 Å². The fourth-order valence-corrected chi connectivity index (χ4v) is 3.49. The van der Waals surface area contributed by atoms with Gasteiger partial charge in [-0.3, -0.25) is 4.79 Å². The standard InChI is InChI=1S/C20H21N3O5/c1-12-15(19(25)26)10-14(27-12)11-21-18(24)13-6-8-23(9-7-13)20-22-16-4-2-3-5-17(16)28-20/h2-5,10,13H,6-9,11H2,1H3,(H,21,24)(H,25,26). The number of carboxylic acids is 1. The maximum absolute atomic E-state index is 12.5. The van der Waals surface area contributed by atoms with Crippen molar-refractivity contribution in [3.05, 3.63) is 47.4 Å². The molecule has 0 bridgehead atoms. The molecule has 0 aliphatic carbocycles. The van der Waals surface area contributed by atoms with Crippen molar-refractivity contribution in [2.45, 2.75) is 26.3 Å². The number of aryl methyl sites for hydroxylation is 1. The van der Waals surface area contributed by atoms with Crippen LogP contribution in [0, 0.1) is 12.8 Å². The Balaban J connectivity index is 1.31. The molecule has 1 aliphatic heterocycles. The second kappa shape index (κ2) is 7.38. The Labute approximate surface area is 161 Å². The molecule has 1 aliphatic rings. The van der Waals surface area contributed by atoms with Crippen LogP contribution in [-0.4, -0.2) is 35.1 Å². The number of aromatic carboxylic acids is 1. The van der Waals surface area contributed by atoms with Crippen molar-refractivity contribution < 1.29 is 23.5 Å². The highest BCUT2D eigenvalue weighted by molar-refractivity contribution is 5.88. The van der Waals surface area contributed by atoms with Crippen molar-refractivity contribution in [2.24, 2.45) is 5.92 Å². The van der Waals surface area contributed by atoms with Gasteiger partial charge in [0.25, 0.3) is 6.01 Å². The van der Waals surface area contributed by atoms with Crippen LogP contribution in [0.4, 0.5) is 6.01 Å². The van der Waals surface area contributed by atoms with Crippen LogP contribution in [0.2, 0.25) is 0 Å². The highest BCUT2D eigenvalue weighted by Gasteiger charge is 2.27. The maximum Gasteiger partial charge on any atom is 0.339 e. The van der Waals surface area contributed by atoms with E-state index in [1.165, 1.54) is 6.07 Å². The number of fused-ring (bicyclic) bond motifs is 1. The van der Waals surface area contributed by atoms with E-state index in [1.54, 1.807) is 6.92 Å². The molecule has 0 radical (unpaired) electrons. The summed E-state index contributed by atoms with van der Waals surface area (Å²) in [4.78, 5) is 30.1. The number of benzene rings is 1. The van der Waals surface area contributed by atoms with Gasteiger partial charge in [-0.2, -0.15) is 4.98 Å². The number of hydrogen-bond acceptors (Lipinski definition) is 6. The minimum Gasteiger partial charge on any atom is -0.478 e. The fraction of sp³-hybridized carbons (Fsp3) is 0.350. The lowest BCUT2D eigenvalue weighted by atomic mass is 9.96. The summed E-state index contributed by atoms with van der Waals surface area (Å²) >= 11 is 0. The third-order valence-electron chi connectivity index (χ3n) is 5.05. The molecule has 2 aromatic heterocycles. The molecule has 1 fully saturated rings. The number of amides is 1. The summed E-state index contributed by atoms with van der Waals surface area (Å²) in [7, 11) is 0. The summed E-state index contributed by atoms with van der Waals surface area (Å²) in [6, 6.07) is 9.67. The molecule has 2 N–H and O–H groups in total. The van der Waals surface area contributed by atoms with Gasteiger partial charge in [-0.1, -0.05) is 12.1 Å². The van der Waals surface area contributed by atoms with Gasteiger partial charge in [0.05, 0.1) is 6.54 Å². The van der Waals surface area contributed by atoms with Gasteiger partial charge in [0.2, 0.25) is 5.91 Å². The van der Waals surface area contributed by atoms with Crippen LogP contribution in [0.5, 0.6) is 0 Å². The molecule has 8 nitrogen and oxygen atoms in total. The Bertz CT molecular complexity index is 981. The molecule has 0 unspecified atom stereocenters. The minimum atomic E-state index is -1.04. The third-order valence-corrected chi connectivity index (χ3v) is 5.05. The van der Waals surface area contributed by atoms with Gasteiger partial charge in [0, 0.05) is 19.0 Å². The molecule has 0 saturated carbocycles. The topological polar surface area (TPSA) is 109 Å². The number of nitrogens with zero attached hydrogens (tertiary/aromatic N) is 2. The Kier molecular flexibility index (Phi) is 4.77. The van der Waals surface area contributed by atoms with E-state index in [1.807, 2.05) is 24.3 Å². The third kappa shape index (κ3) is 3.58. The molecule has 1 aromatic carbocycles. The van der Waals surface area contributed by atoms with E-state index in [0.717, 1.165) is 11.1 Å². The first-order chi connectivity index (χ1) is 13.5. The van der Waals surface area contributed by atoms with E-state index in [9.17, 15) is 9.59 Å². The molecule has 0 atom stereocenters. The van der Waals surface area contributed by atoms with Crippen molar-refractivity contribution in [2.75, 3.05) is 18.0 Å². The van der Waals surface area contributed by atoms with Crippen molar-refractivity contribution in [1.82, 2.24) is 10.3 Å². The van der Waals surface area contributed by atoms with Crippen LogP contribution in [0.25, 0.3) is 11.1 Å². The zero-order valence-corrected chi connectivity index (χ0v) is 15.5. The van der Waals surface area contributed by atoms with Gasteiger partial charge >= 0.3 is 5.97 Å². The lowest BCUT2D eigenvalue weighted by Gasteiger charge is -2.30. The average Bonchev–Trinajstić information content (AvgIpc) is 3.29. The smallest absolute Gasteiger partial charge is 0.339 e. The average molecular weight is 383 g/mol. The zero-order chi connectivity index (χ0) is 19.7. The van der Waals surface area contributed by atoms with Crippen LogP contribution < -0.4 is 10.2 Å². The van der Waals surface area contributed by atoms with Crippen LogP contribution in [-0.2, 0) is 11.3 Å².